The van der Waals surface area contributed by atoms with Crippen LogP contribution in [0.2, 0.25) is 0 Å². The molecule has 0 unspecified atom stereocenters. The molecule has 5 atom stereocenters. The number of benzene rings is 2. The highest BCUT2D eigenvalue weighted by Crippen LogP contribution is 2.65. The van der Waals surface area contributed by atoms with Crippen LogP contribution in [0.25, 0.3) is 0 Å². The largest absolute Gasteiger partial charge is 0.387 e. The zero-order valence-corrected chi connectivity index (χ0v) is 14.7. The molecule has 2 aromatic rings. The third kappa shape index (κ3) is 1.61. The van der Waals surface area contributed by atoms with E-state index in [-0.39, 0.29) is 29.3 Å². The molecular weight excluding hydrogens is 328 g/mol. The molecule has 0 aromatic heterocycles. The van der Waals surface area contributed by atoms with Crippen LogP contribution in [0.3, 0.4) is 0 Å². The summed E-state index contributed by atoms with van der Waals surface area (Å²) in [5.41, 5.74) is 4.94. The van der Waals surface area contributed by atoms with Gasteiger partial charge in [0.25, 0.3) is 0 Å². The van der Waals surface area contributed by atoms with Crippen molar-refractivity contribution in [2.24, 2.45) is 11.8 Å². The van der Waals surface area contributed by atoms with Gasteiger partial charge in [0.05, 0.1) is 24.7 Å². The predicted octanol–water partition coefficient (Wildman–Crippen LogP) is 2.43. The summed E-state index contributed by atoms with van der Waals surface area (Å²) >= 11 is 0. The smallest absolute Gasteiger partial charge is 0.184 e. The first kappa shape index (κ1) is 15.3. The number of aliphatic hydroxyl groups is 1. The van der Waals surface area contributed by atoms with Gasteiger partial charge in [-0.05, 0) is 22.3 Å². The lowest BCUT2D eigenvalue weighted by Crippen LogP contribution is -2.64. The number of rotatable bonds is 2. The first-order valence-corrected chi connectivity index (χ1v) is 9.40. The van der Waals surface area contributed by atoms with Gasteiger partial charge in [0.1, 0.15) is 6.10 Å². The van der Waals surface area contributed by atoms with Crippen LogP contribution in [0.15, 0.2) is 48.5 Å². The standard InChI is InChI=1S/C22H22O4/c1-24-11-22-14-8-4-2-6-12(14)17(13-7-3-5-9-15(13)22)18-16-10-25-21(26-16)20(23)19(18)22/h2-9,16-21,23H,10-11H2,1H3/t16-,17?,18+,19-,20-,21-,22?/m1/s1. The molecule has 5 aliphatic rings. The van der Waals surface area contributed by atoms with Gasteiger partial charge in [0, 0.05) is 24.9 Å². The molecule has 0 saturated carbocycles. The van der Waals surface area contributed by atoms with Crippen molar-refractivity contribution in [3.63, 3.8) is 0 Å². The van der Waals surface area contributed by atoms with Crippen LogP contribution in [0.5, 0.6) is 0 Å². The highest BCUT2D eigenvalue weighted by Gasteiger charge is 2.67. The number of hydrogen-bond donors (Lipinski definition) is 1. The van der Waals surface area contributed by atoms with Gasteiger partial charge in [-0.25, -0.2) is 0 Å². The lowest BCUT2D eigenvalue weighted by molar-refractivity contribution is -0.215. The van der Waals surface area contributed by atoms with E-state index in [1.807, 2.05) is 0 Å². The molecule has 2 aliphatic heterocycles. The number of ether oxygens (including phenoxy) is 3. The van der Waals surface area contributed by atoms with Gasteiger partial charge in [-0.1, -0.05) is 48.5 Å². The van der Waals surface area contributed by atoms with Gasteiger partial charge in [-0.2, -0.15) is 0 Å². The van der Waals surface area contributed by atoms with Crippen LogP contribution < -0.4 is 0 Å². The normalized spacial score (nSPS) is 41.5. The van der Waals surface area contributed by atoms with Crippen LogP contribution >= 0.6 is 0 Å². The SMILES string of the molecule is COCC12c3ccccc3C(c3ccccc31)[C@H]1[C@@H]2[C@@H](O)[C@@H]2OC[C@H]1O2. The van der Waals surface area contributed by atoms with E-state index in [4.69, 9.17) is 14.2 Å². The average Bonchev–Trinajstić information content (AvgIpc) is 3.12. The zero-order valence-electron chi connectivity index (χ0n) is 14.7. The highest BCUT2D eigenvalue weighted by atomic mass is 16.7. The van der Waals surface area contributed by atoms with Gasteiger partial charge < -0.3 is 19.3 Å². The molecule has 3 aliphatic carbocycles. The van der Waals surface area contributed by atoms with Crippen LogP contribution in [0, 0.1) is 11.8 Å². The molecule has 134 valence electrons. The van der Waals surface area contributed by atoms with Gasteiger partial charge in [0.15, 0.2) is 6.29 Å². The van der Waals surface area contributed by atoms with Crippen molar-refractivity contribution in [2.45, 2.75) is 29.8 Å². The maximum Gasteiger partial charge on any atom is 0.184 e. The van der Waals surface area contributed by atoms with Gasteiger partial charge in [-0.3, -0.25) is 0 Å². The minimum absolute atomic E-state index is 0.0244. The molecule has 0 radical (unpaired) electrons. The topological polar surface area (TPSA) is 47.9 Å². The van der Waals surface area contributed by atoms with Gasteiger partial charge in [-0.15, -0.1) is 0 Å². The Bertz CT molecular complexity index is 830. The predicted molar refractivity (Wildman–Crippen MR) is 95.0 cm³/mol. The molecular formula is C22H22O4. The molecule has 7 rings (SSSR count). The number of fused-ring (bicyclic) bond motifs is 2. The van der Waals surface area contributed by atoms with E-state index in [0.29, 0.717) is 13.2 Å². The fraction of sp³-hybridized carbons (Fsp3) is 0.455. The van der Waals surface area contributed by atoms with Gasteiger partial charge >= 0.3 is 0 Å². The molecule has 2 aromatic carbocycles. The van der Waals surface area contributed by atoms with E-state index in [1.54, 1.807) is 7.11 Å². The minimum Gasteiger partial charge on any atom is -0.387 e. The van der Waals surface area contributed by atoms with E-state index in [1.165, 1.54) is 22.3 Å². The monoisotopic (exact) mass is 350 g/mol. The van der Waals surface area contributed by atoms with E-state index >= 15 is 0 Å². The summed E-state index contributed by atoms with van der Waals surface area (Å²) in [6.07, 6.45) is -1.15. The summed E-state index contributed by atoms with van der Waals surface area (Å²) in [5.74, 6) is 0.459. The lowest BCUT2D eigenvalue weighted by atomic mass is 9.44. The Morgan fingerprint density at radius 3 is 2.38 bits per heavy atom. The molecule has 1 N–H and O–H groups in total. The van der Waals surface area contributed by atoms with Crippen LogP contribution in [-0.4, -0.2) is 43.9 Å². The Hall–Kier alpha value is -1.72. The summed E-state index contributed by atoms with van der Waals surface area (Å²) in [7, 11) is 1.76. The fourth-order valence-corrected chi connectivity index (χ4v) is 6.41. The number of methoxy groups -OCH3 is 1. The van der Waals surface area contributed by atoms with Crippen molar-refractivity contribution in [3.8, 4) is 0 Å². The van der Waals surface area contributed by atoms with Crippen molar-refractivity contribution in [1.29, 1.82) is 0 Å². The first-order valence-electron chi connectivity index (χ1n) is 9.40. The number of aliphatic hydroxyl groups excluding tert-OH is 1. The van der Waals surface area contributed by atoms with Crippen LogP contribution in [0.4, 0.5) is 0 Å². The van der Waals surface area contributed by atoms with E-state index < -0.39 is 12.4 Å². The quantitative estimate of drug-likeness (QED) is 0.904. The maximum atomic E-state index is 11.3. The molecule has 4 nitrogen and oxygen atoms in total. The molecule has 4 heteroatoms. The summed E-state index contributed by atoms with van der Waals surface area (Å²) in [5, 5.41) is 11.3. The second-order valence-electron chi connectivity index (χ2n) is 8.03. The van der Waals surface area contributed by atoms with E-state index in [0.717, 1.165) is 0 Å². The first-order chi connectivity index (χ1) is 12.8. The molecule has 4 bridgehead atoms. The number of hydrogen-bond acceptors (Lipinski definition) is 4. The van der Waals surface area contributed by atoms with Gasteiger partial charge in [0.2, 0.25) is 0 Å². The van der Waals surface area contributed by atoms with Crippen molar-refractivity contribution in [3.05, 3.63) is 70.8 Å². The molecule has 2 saturated heterocycles. The summed E-state index contributed by atoms with van der Waals surface area (Å²) in [6, 6.07) is 17.4. The molecule has 0 amide bonds. The Balaban J connectivity index is 1.71. The second kappa shape index (κ2) is 5.17. The summed E-state index contributed by atoms with van der Waals surface area (Å²) < 4.78 is 17.7. The highest BCUT2D eigenvalue weighted by molar-refractivity contribution is 5.61. The Kier molecular flexibility index (Phi) is 3.05. The second-order valence-corrected chi connectivity index (χ2v) is 8.03. The van der Waals surface area contributed by atoms with Crippen LogP contribution in [0.1, 0.15) is 28.2 Å². The third-order valence-electron chi connectivity index (χ3n) is 7.10. The molecule has 26 heavy (non-hydrogen) atoms. The van der Waals surface area contributed by atoms with E-state index in [9.17, 15) is 5.11 Å². The van der Waals surface area contributed by atoms with Crippen molar-refractivity contribution in [2.75, 3.05) is 20.3 Å². The maximum absolute atomic E-state index is 11.3. The zero-order chi connectivity index (χ0) is 17.5. The van der Waals surface area contributed by atoms with Crippen molar-refractivity contribution >= 4 is 0 Å². The Labute approximate surface area is 152 Å². The summed E-state index contributed by atoms with van der Waals surface area (Å²) in [4.78, 5) is 0. The third-order valence-corrected chi connectivity index (χ3v) is 7.10. The van der Waals surface area contributed by atoms with Crippen LogP contribution in [-0.2, 0) is 19.6 Å². The molecule has 2 fully saturated rings. The Morgan fingerprint density at radius 1 is 1.08 bits per heavy atom. The lowest BCUT2D eigenvalue weighted by Gasteiger charge is -2.61. The summed E-state index contributed by atoms with van der Waals surface area (Å²) in [6.45, 7) is 1.11. The molecule has 2 heterocycles. The minimum atomic E-state index is -0.655. The fourth-order valence-electron chi connectivity index (χ4n) is 6.41. The molecule has 0 spiro atoms. The average molecular weight is 350 g/mol. The van der Waals surface area contributed by atoms with Crippen molar-refractivity contribution < 1.29 is 19.3 Å². The van der Waals surface area contributed by atoms with E-state index in [2.05, 4.69) is 48.5 Å². The van der Waals surface area contributed by atoms with Crippen molar-refractivity contribution in [1.82, 2.24) is 0 Å². The Morgan fingerprint density at radius 2 is 1.73 bits per heavy atom.